The number of nitrogens with two attached hydrogens (primary N) is 1. The molecular weight excluding hydrogens is 268 g/mol. The lowest BCUT2D eigenvalue weighted by Gasteiger charge is -2.11. The van der Waals surface area contributed by atoms with Crippen molar-refractivity contribution in [3.63, 3.8) is 0 Å². The van der Waals surface area contributed by atoms with E-state index in [1.165, 1.54) is 0 Å². The third-order valence-corrected chi connectivity index (χ3v) is 3.66. The zero-order chi connectivity index (χ0) is 15.6. The number of carbonyl (C=O) groups is 1. The molecule has 2 aromatic rings. The van der Waals surface area contributed by atoms with Crippen molar-refractivity contribution in [2.75, 3.05) is 19.3 Å². The van der Waals surface area contributed by atoms with Gasteiger partial charge >= 0.3 is 6.03 Å². The Morgan fingerprint density at radius 1 is 1.29 bits per heavy atom. The topological polar surface area (TPSA) is 97.9 Å². The average molecular weight is 290 g/mol. The highest BCUT2D eigenvalue weighted by atomic mass is 16.2. The number of aryl methyl sites for hydroxylation is 4. The van der Waals surface area contributed by atoms with Gasteiger partial charge in [0.15, 0.2) is 5.82 Å². The lowest BCUT2D eigenvalue weighted by molar-refractivity contribution is 0.242. The molecule has 0 aliphatic heterocycles. The molecule has 0 unspecified atom stereocenters. The van der Waals surface area contributed by atoms with Crippen LogP contribution in [0, 0.1) is 20.8 Å². The second kappa shape index (κ2) is 5.99. The average Bonchev–Trinajstić information content (AvgIpc) is 2.78. The fraction of sp³-hybridized carbons (Fsp3) is 0.500. The number of imidazole rings is 1. The molecule has 0 saturated carbocycles. The number of anilines is 1. The van der Waals surface area contributed by atoms with E-state index in [0.29, 0.717) is 12.4 Å². The fourth-order valence-electron chi connectivity index (χ4n) is 2.41. The Bertz CT molecular complexity index is 676. The maximum Gasteiger partial charge on any atom is 0.314 e. The maximum atomic E-state index is 11.1. The number of amides is 2. The van der Waals surface area contributed by atoms with Crippen molar-refractivity contribution < 1.29 is 4.79 Å². The van der Waals surface area contributed by atoms with Crippen LogP contribution in [-0.2, 0) is 6.54 Å². The first-order valence-corrected chi connectivity index (χ1v) is 7.00. The van der Waals surface area contributed by atoms with E-state index in [1.54, 1.807) is 7.05 Å². The van der Waals surface area contributed by atoms with Crippen molar-refractivity contribution in [1.29, 1.82) is 0 Å². The van der Waals surface area contributed by atoms with Crippen molar-refractivity contribution in [3.8, 4) is 0 Å². The summed E-state index contributed by atoms with van der Waals surface area (Å²) in [5.41, 5.74) is 9.78. The maximum absolute atomic E-state index is 11.1. The summed E-state index contributed by atoms with van der Waals surface area (Å²) in [5.74, 6) is 1.38. The molecular formula is C14H22N6O. The number of nitrogens with zero attached hydrogens (tertiary/aromatic N) is 3. The van der Waals surface area contributed by atoms with Gasteiger partial charge in [0.2, 0.25) is 0 Å². The molecule has 0 atom stereocenters. The van der Waals surface area contributed by atoms with Crippen molar-refractivity contribution >= 4 is 22.9 Å². The quantitative estimate of drug-likeness (QED) is 0.738. The predicted octanol–water partition coefficient (Wildman–Crippen LogP) is 1.26. The first-order chi connectivity index (χ1) is 9.95. The van der Waals surface area contributed by atoms with Gasteiger partial charge in [-0.2, -0.15) is 0 Å². The first kappa shape index (κ1) is 15.1. The van der Waals surface area contributed by atoms with Crippen LogP contribution in [0.1, 0.15) is 23.5 Å². The minimum Gasteiger partial charge on any atom is -0.382 e. The van der Waals surface area contributed by atoms with Crippen molar-refractivity contribution in [2.24, 2.45) is 0 Å². The van der Waals surface area contributed by atoms with Gasteiger partial charge in [0.25, 0.3) is 0 Å². The SMILES string of the molecule is CNC(=O)NCCCn1c(C)nc2c(N)nc(C)c(C)c21. The van der Waals surface area contributed by atoms with Gasteiger partial charge in [0, 0.05) is 25.8 Å². The molecule has 2 aromatic heterocycles. The molecule has 0 aliphatic rings. The van der Waals surface area contributed by atoms with Crippen LogP contribution in [0.3, 0.4) is 0 Å². The number of fused-ring (bicyclic) bond motifs is 1. The minimum atomic E-state index is -0.164. The van der Waals surface area contributed by atoms with Gasteiger partial charge in [0.1, 0.15) is 11.3 Å². The third kappa shape index (κ3) is 2.91. The summed E-state index contributed by atoms with van der Waals surface area (Å²) < 4.78 is 2.14. The van der Waals surface area contributed by atoms with Crippen LogP contribution in [0.15, 0.2) is 0 Å². The van der Waals surface area contributed by atoms with Gasteiger partial charge in [-0.15, -0.1) is 0 Å². The first-order valence-electron chi connectivity index (χ1n) is 7.00. The van der Waals surface area contributed by atoms with E-state index in [4.69, 9.17) is 5.73 Å². The van der Waals surface area contributed by atoms with Gasteiger partial charge in [0.05, 0.1) is 5.52 Å². The number of nitrogens with one attached hydrogen (secondary N) is 2. The van der Waals surface area contributed by atoms with E-state index in [9.17, 15) is 4.79 Å². The molecule has 2 amide bonds. The molecule has 4 N–H and O–H groups in total. The fourth-order valence-corrected chi connectivity index (χ4v) is 2.41. The van der Waals surface area contributed by atoms with Gasteiger partial charge in [-0.1, -0.05) is 0 Å². The molecule has 2 rings (SSSR count). The summed E-state index contributed by atoms with van der Waals surface area (Å²) >= 11 is 0. The molecule has 114 valence electrons. The molecule has 21 heavy (non-hydrogen) atoms. The molecule has 7 heteroatoms. The van der Waals surface area contributed by atoms with Crippen LogP contribution in [0.5, 0.6) is 0 Å². The standard InChI is InChI=1S/C14H22N6O/c1-8-9(2)18-13(15)11-12(8)20(10(3)19-11)7-5-6-17-14(21)16-4/h5-7H2,1-4H3,(H2,15,18)(H2,16,17,21). The molecule has 0 aromatic carbocycles. The Hall–Kier alpha value is -2.31. The summed E-state index contributed by atoms with van der Waals surface area (Å²) in [6, 6.07) is -0.164. The summed E-state index contributed by atoms with van der Waals surface area (Å²) in [7, 11) is 1.60. The molecule has 0 fully saturated rings. The summed E-state index contributed by atoms with van der Waals surface area (Å²) in [5, 5.41) is 5.31. The molecule has 0 radical (unpaired) electrons. The number of urea groups is 1. The van der Waals surface area contributed by atoms with Crippen LogP contribution < -0.4 is 16.4 Å². The zero-order valence-electron chi connectivity index (χ0n) is 12.9. The number of hydrogen-bond donors (Lipinski definition) is 3. The highest BCUT2D eigenvalue weighted by molar-refractivity contribution is 5.88. The van der Waals surface area contributed by atoms with E-state index in [0.717, 1.165) is 41.1 Å². The predicted molar refractivity (Wildman–Crippen MR) is 83.2 cm³/mol. The summed E-state index contributed by atoms with van der Waals surface area (Å²) in [6.45, 7) is 7.32. The lowest BCUT2D eigenvalue weighted by atomic mass is 10.2. The Balaban J connectivity index is 2.23. The third-order valence-electron chi connectivity index (χ3n) is 3.66. The minimum absolute atomic E-state index is 0.164. The smallest absolute Gasteiger partial charge is 0.314 e. The van der Waals surface area contributed by atoms with Gasteiger partial charge in [-0.25, -0.2) is 14.8 Å². The van der Waals surface area contributed by atoms with E-state index in [-0.39, 0.29) is 6.03 Å². The number of pyridine rings is 1. The van der Waals surface area contributed by atoms with E-state index in [2.05, 4.69) is 25.2 Å². The summed E-state index contributed by atoms with van der Waals surface area (Å²) in [6.07, 6.45) is 0.820. The molecule has 0 spiro atoms. The molecule has 2 heterocycles. The number of carbonyl (C=O) groups excluding carboxylic acids is 1. The van der Waals surface area contributed by atoms with Crippen LogP contribution in [-0.4, -0.2) is 34.2 Å². The van der Waals surface area contributed by atoms with Crippen molar-refractivity contribution in [1.82, 2.24) is 25.2 Å². The van der Waals surface area contributed by atoms with Crippen LogP contribution >= 0.6 is 0 Å². The van der Waals surface area contributed by atoms with E-state index in [1.807, 2.05) is 20.8 Å². The molecule has 0 saturated heterocycles. The van der Waals surface area contributed by atoms with Gasteiger partial charge in [-0.05, 0) is 32.8 Å². The highest BCUT2D eigenvalue weighted by Gasteiger charge is 2.15. The second-order valence-corrected chi connectivity index (χ2v) is 5.07. The molecule has 0 bridgehead atoms. The largest absolute Gasteiger partial charge is 0.382 e. The monoisotopic (exact) mass is 290 g/mol. The van der Waals surface area contributed by atoms with Crippen molar-refractivity contribution in [3.05, 3.63) is 17.1 Å². The second-order valence-electron chi connectivity index (χ2n) is 5.07. The van der Waals surface area contributed by atoms with Gasteiger partial charge < -0.3 is 20.9 Å². The van der Waals surface area contributed by atoms with Gasteiger partial charge in [-0.3, -0.25) is 0 Å². The highest BCUT2D eigenvalue weighted by Crippen LogP contribution is 2.25. The van der Waals surface area contributed by atoms with E-state index < -0.39 is 0 Å². The molecule has 0 aliphatic carbocycles. The lowest BCUT2D eigenvalue weighted by Crippen LogP contribution is -2.33. The number of hydrogen-bond acceptors (Lipinski definition) is 4. The Morgan fingerprint density at radius 3 is 2.67 bits per heavy atom. The summed E-state index contributed by atoms with van der Waals surface area (Å²) in [4.78, 5) is 20.0. The Morgan fingerprint density at radius 2 is 2.00 bits per heavy atom. The van der Waals surface area contributed by atoms with Crippen LogP contribution in [0.25, 0.3) is 11.0 Å². The van der Waals surface area contributed by atoms with Crippen LogP contribution in [0.4, 0.5) is 10.6 Å². The normalized spacial score (nSPS) is 10.9. The number of rotatable bonds is 4. The number of nitrogen functional groups attached to an aromatic ring is 1. The Labute approximate surface area is 123 Å². The van der Waals surface area contributed by atoms with Crippen molar-refractivity contribution in [2.45, 2.75) is 33.7 Å². The Kier molecular flexibility index (Phi) is 4.30. The van der Waals surface area contributed by atoms with Crippen LogP contribution in [0.2, 0.25) is 0 Å². The molecule has 7 nitrogen and oxygen atoms in total. The zero-order valence-corrected chi connectivity index (χ0v) is 12.9. The number of aromatic nitrogens is 3. The van der Waals surface area contributed by atoms with E-state index >= 15 is 0 Å².